The van der Waals surface area contributed by atoms with Crippen molar-refractivity contribution >= 4 is 5.57 Å². The van der Waals surface area contributed by atoms with Gasteiger partial charge in [-0.05, 0) is 50.8 Å². The number of halogens is 2. The van der Waals surface area contributed by atoms with Crippen LogP contribution in [-0.4, -0.2) is 47.3 Å². The summed E-state index contributed by atoms with van der Waals surface area (Å²) in [5.41, 5.74) is 1.21. The fourth-order valence-electron chi connectivity index (χ4n) is 5.07. The van der Waals surface area contributed by atoms with Crippen LogP contribution < -0.4 is 5.32 Å². The normalized spacial score (nSPS) is 29.2. The van der Waals surface area contributed by atoms with E-state index >= 15 is 4.39 Å². The molecule has 0 saturated carbocycles. The first-order chi connectivity index (χ1) is 15.2. The zero-order valence-corrected chi connectivity index (χ0v) is 17.9. The molecule has 1 aromatic carbocycles. The third-order valence-corrected chi connectivity index (χ3v) is 6.79. The molecule has 2 N–H and O–H groups in total. The van der Waals surface area contributed by atoms with Gasteiger partial charge in [-0.15, -0.1) is 10.2 Å². The monoisotopic (exact) mass is 438 g/mol. The highest BCUT2D eigenvalue weighted by atomic mass is 19.1. The predicted octanol–water partition coefficient (Wildman–Crippen LogP) is 3.84. The Morgan fingerprint density at radius 2 is 2.06 bits per heavy atom. The Hall–Kier alpha value is -3.20. The van der Waals surface area contributed by atoms with Gasteiger partial charge >= 0.3 is 0 Å². The van der Waals surface area contributed by atoms with Gasteiger partial charge in [0.25, 0.3) is 0 Å². The number of alkyl halides is 1. The number of hydrogen-bond acceptors (Lipinski definition) is 6. The second kappa shape index (κ2) is 7.16. The lowest BCUT2D eigenvalue weighted by molar-refractivity contribution is 0.0770. The Morgan fingerprint density at radius 1 is 1.25 bits per heavy atom. The van der Waals surface area contributed by atoms with E-state index in [1.54, 1.807) is 12.1 Å². The molecule has 0 aliphatic carbocycles. The minimum absolute atomic E-state index is 0.0913. The summed E-state index contributed by atoms with van der Waals surface area (Å²) in [5.74, 6) is -0.709. The summed E-state index contributed by atoms with van der Waals surface area (Å²) in [4.78, 5) is 4.33. The van der Waals surface area contributed by atoms with Crippen molar-refractivity contribution in [3.8, 4) is 22.8 Å². The number of nitrogens with one attached hydrogen (secondary N) is 1. The first-order valence-corrected chi connectivity index (χ1v) is 10.5. The van der Waals surface area contributed by atoms with E-state index in [9.17, 15) is 9.50 Å². The van der Waals surface area contributed by atoms with Gasteiger partial charge in [-0.1, -0.05) is 6.58 Å². The van der Waals surface area contributed by atoms with E-state index in [-0.39, 0.29) is 23.0 Å². The van der Waals surface area contributed by atoms with Crippen molar-refractivity contribution in [3.05, 3.63) is 54.9 Å². The van der Waals surface area contributed by atoms with Crippen LogP contribution in [0.25, 0.3) is 22.6 Å². The van der Waals surface area contributed by atoms with Crippen molar-refractivity contribution in [2.24, 2.45) is 5.92 Å². The zero-order chi connectivity index (χ0) is 22.7. The summed E-state index contributed by atoms with van der Waals surface area (Å²) in [6.45, 7) is 8.18. The smallest absolute Gasteiger partial charge is 0.185 e. The maximum Gasteiger partial charge on any atom is 0.185 e. The van der Waals surface area contributed by atoms with E-state index in [2.05, 4.69) is 39.1 Å². The van der Waals surface area contributed by atoms with Gasteiger partial charge in [-0.25, -0.2) is 18.4 Å². The fourth-order valence-corrected chi connectivity index (χ4v) is 5.07. The molecule has 9 heteroatoms. The van der Waals surface area contributed by atoms with Crippen molar-refractivity contribution in [3.63, 3.8) is 0 Å². The van der Waals surface area contributed by atoms with Crippen LogP contribution in [0.2, 0.25) is 0 Å². The van der Waals surface area contributed by atoms with Crippen LogP contribution in [0.1, 0.15) is 38.8 Å². The summed E-state index contributed by atoms with van der Waals surface area (Å²) in [6.07, 6.45) is 5.09. The summed E-state index contributed by atoms with van der Waals surface area (Å²) in [6, 6.07) is 4.72. The molecule has 0 spiro atoms. The number of aromatic nitrogens is 5. The molecule has 2 aromatic heterocycles. The highest BCUT2D eigenvalue weighted by Gasteiger charge is 2.55. The van der Waals surface area contributed by atoms with Gasteiger partial charge in [0.15, 0.2) is 11.6 Å². The number of phenols is 1. The number of hydrogen-bond donors (Lipinski definition) is 2. The number of phenolic OH excluding ortho intramolecular Hbond substituents is 1. The lowest BCUT2D eigenvalue weighted by Gasteiger charge is -2.45. The second-order valence-corrected chi connectivity index (χ2v) is 9.31. The third-order valence-electron chi connectivity index (χ3n) is 6.79. The molecule has 4 atom stereocenters. The van der Waals surface area contributed by atoms with E-state index in [4.69, 9.17) is 0 Å². The molecule has 2 saturated heterocycles. The van der Waals surface area contributed by atoms with E-state index in [0.717, 1.165) is 19.0 Å². The number of rotatable bonds is 4. The first-order valence-electron chi connectivity index (χ1n) is 10.5. The Bertz CT molecular complexity index is 1200. The van der Waals surface area contributed by atoms with Crippen molar-refractivity contribution < 1.29 is 13.9 Å². The Morgan fingerprint density at radius 3 is 2.72 bits per heavy atom. The van der Waals surface area contributed by atoms with Crippen molar-refractivity contribution in [1.29, 1.82) is 0 Å². The minimum Gasteiger partial charge on any atom is -0.507 e. The van der Waals surface area contributed by atoms with Crippen molar-refractivity contribution in [1.82, 2.24) is 30.3 Å². The highest BCUT2D eigenvalue weighted by Crippen LogP contribution is 2.49. The highest BCUT2D eigenvalue weighted by molar-refractivity contribution is 5.67. The third kappa shape index (κ3) is 3.37. The SMILES string of the molecule is C=C(c1cnc(-c2ccc(-n3cc(F)cn3)cc2O)nn1)C1C[C@]2(C)CC[C@@](C)(N2)[C@H]1F. The van der Waals surface area contributed by atoms with Gasteiger partial charge in [0.2, 0.25) is 0 Å². The quantitative estimate of drug-likeness (QED) is 0.644. The molecule has 0 amide bonds. The van der Waals surface area contributed by atoms with Crippen molar-refractivity contribution in [2.45, 2.75) is 50.4 Å². The molecule has 2 bridgehead atoms. The average molecular weight is 438 g/mol. The van der Waals surface area contributed by atoms with Gasteiger partial charge in [0, 0.05) is 23.1 Å². The summed E-state index contributed by atoms with van der Waals surface area (Å²) >= 11 is 0. The van der Waals surface area contributed by atoms with E-state index < -0.39 is 17.5 Å². The predicted molar refractivity (Wildman–Crippen MR) is 115 cm³/mol. The van der Waals surface area contributed by atoms with Gasteiger partial charge in [-0.2, -0.15) is 5.10 Å². The summed E-state index contributed by atoms with van der Waals surface area (Å²) in [5, 5.41) is 26.1. The van der Waals surface area contributed by atoms with Crippen LogP contribution in [0.5, 0.6) is 5.75 Å². The van der Waals surface area contributed by atoms with Crippen LogP contribution in [0.3, 0.4) is 0 Å². The number of piperidine rings is 1. The first kappa shape index (κ1) is 20.7. The maximum absolute atomic E-state index is 15.4. The lowest BCUT2D eigenvalue weighted by Crippen LogP contribution is -2.60. The lowest BCUT2D eigenvalue weighted by atomic mass is 9.75. The fraction of sp³-hybridized carbons (Fsp3) is 0.391. The topological polar surface area (TPSA) is 88.8 Å². The second-order valence-electron chi connectivity index (χ2n) is 9.31. The summed E-state index contributed by atoms with van der Waals surface area (Å²) in [7, 11) is 0. The Labute approximate surface area is 184 Å². The zero-order valence-electron chi connectivity index (χ0n) is 17.9. The van der Waals surface area contributed by atoms with Crippen LogP contribution in [0.15, 0.2) is 43.4 Å². The number of aromatic hydroxyl groups is 1. The van der Waals surface area contributed by atoms with Crippen LogP contribution in [-0.2, 0) is 0 Å². The molecule has 2 aliphatic rings. The molecule has 0 radical (unpaired) electrons. The molecule has 2 aliphatic heterocycles. The Kier molecular flexibility index (Phi) is 4.63. The van der Waals surface area contributed by atoms with E-state index in [1.165, 1.54) is 23.1 Å². The molecule has 1 unspecified atom stereocenters. The number of nitrogens with zero attached hydrogens (tertiary/aromatic N) is 5. The maximum atomic E-state index is 15.4. The van der Waals surface area contributed by atoms with Crippen LogP contribution >= 0.6 is 0 Å². The van der Waals surface area contributed by atoms with E-state index in [1.807, 2.05) is 6.92 Å². The Balaban J connectivity index is 1.38. The largest absolute Gasteiger partial charge is 0.507 e. The molecule has 2 fully saturated rings. The van der Waals surface area contributed by atoms with Gasteiger partial charge < -0.3 is 10.4 Å². The van der Waals surface area contributed by atoms with Crippen molar-refractivity contribution in [2.75, 3.05) is 0 Å². The van der Waals surface area contributed by atoms with Crippen LogP contribution in [0.4, 0.5) is 8.78 Å². The summed E-state index contributed by atoms with van der Waals surface area (Å²) < 4.78 is 29.9. The van der Waals surface area contributed by atoms with E-state index in [0.29, 0.717) is 28.9 Å². The van der Waals surface area contributed by atoms with Gasteiger partial charge in [-0.3, -0.25) is 0 Å². The average Bonchev–Trinajstić information content (AvgIpc) is 3.32. The number of benzene rings is 1. The molecule has 5 rings (SSSR count). The molecule has 32 heavy (non-hydrogen) atoms. The number of fused-ring (bicyclic) bond motifs is 2. The molecule has 166 valence electrons. The number of allylic oxidation sites excluding steroid dienone is 1. The van der Waals surface area contributed by atoms with Gasteiger partial charge in [0.1, 0.15) is 17.6 Å². The van der Waals surface area contributed by atoms with Gasteiger partial charge in [0.05, 0.1) is 29.8 Å². The molecular formula is C23H24F2N6O. The molecule has 4 heterocycles. The molecule has 7 nitrogen and oxygen atoms in total. The van der Waals surface area contributed by atoms with Crippen LogP contribution in [0, 0.1) is 11.7 Å². The molecular weight excluding hydrogens is 414 g/mol. The standard InChI is InChI=1S/C23H24F2N6O/c1-13(17-9-22(2)6-7-23(3,30-22)20(17)25)18-11-26-21(29-28-18)16-5-4-15(8-19(16)32)31-12-14(24)10-27-31/h4-5,8,10-12,17,20,30,32H,1,6-7,9H2,2-3H3/t17?,20-,22-,23+/m0/s1. The molecule has 3 aromatic rings. The minimum atomic E-state index is -1.07.